The molecule has 0 aliphatic heterocycles. The van der Waals surface area contributed by atoms with E-state index in [1.165, 1.54) is 29.5 Å². The van der Waals surface area contributed by atoms with Gasteiger partial charge >= 0.3 is 0 Å². The monoisotopic (exact) mass is 222 g/mol. The van der Waals surface area contributed by atoms with E-state index in [9.17, 15) is 0 Å². The van der Waals surface area contributed by atoms with Crippen LogP contribution in [0.3, 0.4) is 0 Å². The van der Waals surface area contributed by atoms with E-state index in [4.69, 9.17) is 11.6 Å². The largest absolute Gasteiger partial charge is 0.123 e. The summed E-state index contributed by atoms with van der Waals surface area (Å²) in [5.74, 6) is 0.816. The second-order valence-corrected chi connectivity index (χ2v) is 5.31. The highest BCUT2D eigenvalue weighted by Gasteiger charge is 2.29. The minimum absolute atomic E-state index is 0.407. The lowest BCUT2D eigenvalue weighted by atomic mass is 9.98. The van der Waals surface area contributed by atoms with Crippen LogP contribution in [0.2, 0.25) is 0 Å². The fourth-order valence-corrected chi connectivity index (χ4v) is 2.43. The molecule has 1 saturated carbocycles. The van der Waals surface area contributed by atoms with Gasteiger partial charge in [-0.05, 0) is 62.1 Å². The van der Waals surface area contributed by atoms with Crippen LogP contribution >= 0.6 is 11.6 Å². The third kappa shape index (κ3) is 2.75. The van der Waals surface area contributed by atoms with E-state index in [-0.39, 0.29) is 0 Å². The molecule has 1 aromatic rings. The van der Waals surface area contributed by atoms with Crippen LogP contribution in [0.1, 0.15) is 36.0 Å². The van der Waals surface area contributed by atoms with Crippen LogP contribution in [0, 0.1) is 19.8 Å². The van der Waals surface area contributed by atoms with Gasteiger partial charge in [0.2, 0.25) is 0 Å². The van der Waals surface area contributed by atoms with Gasteiger partial charge in [-0.25, -0.2) is 0 Å². The summed E-state index contributed by atoms with van der Waals surface area (Å²) in [6.07, 6.45) is 4.97. The second kappa shape index (κ2) is 4.57. The molecule has 15 heavy (non-hydrogen) atoms. The van der Waals surface area contributed by atoms with Crippen LogP contribution in [0.5, 0.6) is 0 Å². The average molecular weight is 223 g/mol. The van der Waals surface area contributed by atoms with Crippen LogP contribution in [0.4, 0.5) is 0 Å². The van der Waals surface area contributed by atoms with Crippen molar-refractivity contribution < 1.29 is 0 Å². The standard InChI is InChI=1S/C14H19Cl/c1-10-4-3-5-12(11(10)2)8-9-14(15)13-6-7-13/h3-5,13-14H,6-9H2,1-2H3. The van der Waals surface area contributed by atoms with Crippen LogP contribution in [-0.4, -0.2) is 5.38 Å². The van der Waals surface area contributed by atoms with Crippen molar-refractivity contribution in [1.82, 2.24) is 0 Å². The first-order chi connectivity index (χ1) is 7.18. The summed E-state index contributed by atoms with van der Waals surface area (Å²) < 4.78 is 0. The minimum Gasteiger partial charge on any atom is -0.123 e. The number of benzene rings is 1. The van der Waals surface area contributed by atoms with Crippen molar-refractivity contribution in [3.8, 4) is 0 Å². The van der Waals surface area contributed by atoms with Crippen molar-refractivity contribution >= 4 is 11.6 Å². The summed E-state index contributed by atoms with van der Waals surface area (Å²) in [7, 11) is 0. The molecule has 82 valence electrons. The molecule has 0 saturated heterocycles. The highest BCUT2D eigenvalue weighted by Crippen LogP contribution is 2.37. The summed E-state index contributed by atoms with van der Waals surface area (Å²) in [5, 5.41) is 0.407. The van der Waals surface area contributed by atoms with Gasteiger partial charge in [-0.1, -0.05) is 18.2 Å². The third-order valence-corrected chi connectivity index (χ3v) is 4.11. The molecule has 0 amide bonds. The molecule has 1 aliphatic rings. The van der Waals surface area contributed by atoms with Crippen LogP contribution in [-0.2, 0) is 6.42 Å². The molecule has 0 N–H and O–H groups in total. The van der Waals surface area contributed by atoms with Gasteiger partial charge in [0, 0.05) is 5.38 Å². The van der Waals surface area contributed by atoms with Crippen LogP contribution < -0.4 is 0 Å². The predicted molar refractivity (Wildman–Crippen MR) is 66.6 cm³/mol. The normalized spacial score (nSPS) is 17.8. The van der Waals surface area contributed by atoms with Gasteiger partial charge in [0.05, 0.1) is 0 Å². The Morgan fingerprint density at radius 2 is 2.07 bits per heavy atom. The zero-order valence-corrected chi connectivity index (χ0v) is 10.3. The molecule has 0 bridgehead atoms. The van der Waals surface area contributed by atoms with E-state index < -0.39 is 0 Å². The van der Waals surface area contributed by atoms with Crippen molar-refractivity contribution in [2.75, 3.05) is 0 Å². The van der Waals surface area contributed by atoms with E-state index in [1.807, 2.05) is 0 Å². The Hall–Kier alpha value is -0.490. The summed E-state index contributed by atoms with van der Waals surface area (Å²) >= 11 is 6.32. The molecule has 1 unspecified atom stereocenters. The zero-order valence-electron chi connectivity index (χ0n) is 9.59. The Morgan fingerprint density at radius 1 is 1.33 bits per heavy atom. The summed E-state index contributed by atoms with van der Waals surface area (Å²) in [6, 6.07) is 6.56. The molecule has 0 heterocycles. The molecule has 1 fully saturated rings. The maximum atomic E-state index is 6.32. The van der Waals surface area contributed by atoms with E-state index in [2.05, 4.69) is 32.0 Å². The highest BCUT2D eigenvalue weighted by atomic mass is 35.5. The molecular formula is C14H19Cl. The fourth-order valence-electron chi connectivity index (χ4n) is 2.07. The van der Waals surface area contributed by atoms with Gasteiger partial charge in [0.15, 0.2) is 0 Å². The molecule has 0 nitrogen and oxygen atoms in total. The predicted octanol–water partition coefficient (Wildman–Crippen LogP) is 4.25. The number of alkyl halides is 1. The number of halogens is 1. The molecule has 1 aliphatic carbocycles. The SMILES string of the molecule is Cc1cccc(CCC(Cl)C2CC2)c1C. The number of hydrogen-bond donors (Lipinski definition) is 0. The van der Waals surface area contributed by atoms with Crippen LogP contribution in [0.25, 0.3) is 0 Å². The Bertz CT molecular complexity index is 339. The number of aryl methyl sites for hydroxylation is 2. The average Bonchev–Trinajstić information content (AvgIpc) is 3.03. The molecule has 1 aromatic carbocycles. The zero-order chi connectivity index (χ0) is 10.8. The number of rotatable bonds is 4. The first-order valence-electron chi connectivity index (χ1n) is 5.87. The van der Waals surface area contributed by atoms with Crippen molar-refractivity contribution in [1.29, 1.82) is 0 Å². The molecule has 0 spiro atoms. The van der Waals surface area contributed by atoms with Crippen molar-refractivity contribution in [2.45, 2.75) is 44.9 Å². The fraction of sp³-hybridized carbons (Fsp3) is 0.571. The lowest BCUT2D eigenvalue weighted by Crippen LogP contribution is -2.04. The highest BCUT2D eigenvalue weighted by molar-refractivity contribution is 6.20. The second-order valence-electron chi connectivity index (χ2n) is 4.75. The smallest absolute Gasteiger partial charge is 0.0367 e. The molecule has 2 rings (SSSR count). The van der Waals surface area contributed by atoms with Crippen molar-refractivity contribution in [2.24, 2.45) is 5.92 Å². The van der Waals surface area contributed by atoms with E-state index in [0.717, 1.165) is 18.8 Å². The maximum absolute atomic E-state index is 6.32. The van der Waals surface area contributed by atoms with Gasteiger partial charge in [-0.15, -0.1) is 11.6 Å². The first-order valence-corrected chi connectivity index (χ1v) is 6.31. The van der Waals surface area contributed by atoms with Gasteiger partial charge < -0.3 is 0 Å². The summed E-state index contributed by atoms with van der Waals surface area (Å²) in [6.45, 7) is 4.39. The van der Waals surface area contributed by atoms with E-state index in [1.54, 1.807) is 0 Å². The Balaban J connectivity index is 1.95. The molecule has 0 aromatic heterocycles. The lowest BCUT2D eigenvalue weighted by molar-refractivity contribution is 0.675. The lowest BCUT2D eigenvalue weighted by Gasteiger charge is -2.11. The van der Waals surface area contributed by atoms with Gasteiger partial charge in [0.1, 0.15) is 0 Å². The topological polar surface area (TPSA) is 0 Å². The molecule has 1 atom stereocenters. The van der Waals surface area contributed by atoms with Gasteiger partial charge in [-0.3, -0.25) is 0 Å². The quantitative estimate of drug-likeness (QED) is 0.668. The van der Waals surface area contributed by atoms with Gasteiger partial charge in [0.25, 0.3) is 0 Å². The number of hydrogen-bond acceptors (Lipinski definition) is 0. The van der Waals surface area contributed by atoms with Gasteiger partial charge in [-0.2, -0.15) is 0 Å². The molecular weight excluding hydrogens is 204 g/mol. The van der Waals surface area contributed by atoms with Crippen LogP contribution in [0.15, 0.2) is 18.2 Å². The summed E-state index contributed by atoms with van der Waals surface area (Å²) in [5.41, 5.74) is 4.31. The van der Waals surface area contributed by atoms with Crippen molar-refractivity contribution in [3.05, 3.63) is 34.9 Å². The molecule has 0 radical (unpaired) electrons. The maximum Gasteiger partial charge on any atom is 0.0367 e. The first kappa shape index (κ1) is 11.0. The van der Waals surface area contributed by atoms with Crippen molar-refractivity contribution in [3.63, 3.8) is 0 Å². The minimum atomic E-state index is 0.407. The Kier molecular flexibility index (Phi) is 3.35. The van der Waals surface area contributed by atoms with E-state index in [0.29, 0.717) is 5.38 Å². The summed E-state index contributed by atoms with van der Waals surface area (Å²) in [4.78, 5) is 0. The molecule has 1 heteroatoms. The Labute approximate surface area is 97.6 Å². The Morgan fingerprint density at radius 3 is 2.73 bits per heavy atom. The third-order valence-electron chi connectivity index (χ3n) is 3.54. The van der Waals surface area contributed by atoms with E-state index >= 15 is 0 Å².